The third-order valence-electron chi connectivity index (χ3n) is 5.53. The SMILES string of the molecule is COc1cc(C=CC(=O)NC2c3ccccc3-c3ccccc32)ccc1-n1ccnc1. The molecule has 5 heteroatoms. The molecule has 3 aromatic carbocycles. The molecule has 5 rings (SSSR count). The number of imidazole rings is 1. The van der Waals surface area contributed by atoms with E-state index in [2.05, 4.69) is 34.6 Å². The first-order chi connectivity index (χ1) is 15.2. The Labute approximate surface area is 180 Å². The van der Waals surface area contributed by atoms with Crippen LogP contribution in [0, 0.1) is 0 Å². The lowest BCUT2D eigenvalue weighted by atomic mass is 10.1. The fourth-order valence-electron chi connectivity index (χ4n) is 4.09. The van der Waals surface area contributed by atoms with Crippen molar-refractivity contribution >= 4 is 12.0 Å². The van der Waals surface area contributed by atoms with Crippen molar-refractivity contribution < 1.29 is 9.53 Å². The zero-order chi connectivity index (χ0) is 21.2. The fraction of sp³-hybridized carbons (Fsp3) is 0.0769. The number of rotatable bonds is 5. The molecule has 31 heavy (non-hydrogen) atoms. The van der Waals surface area contributed by atoms with Gasteiger partial charge in [0.25, 0.3) is 0 Å². The summed E-state index contributed by atoms with van der Waals surface area (Å²) < 4.78 is 7.40. The Morgan fingerprint density at radius 2 is 1.74 bits per heavy atom. The second kappa shape index (κ2) is 7.95. The third-order valence-corrected chi connectivity index (χ3v) is 5.53. The standard InChI is InChI=1S/C26H21N3O2/c1-31-24-16-18(10-12-23(24)29-15-14-27-17-29)11-13-25(30)28-26-21-8-4-2-6-19(21)20-7-3-5-9-22(20)26/h2-17,26H,1H3,(H,28,30). The van der Waals surface area contributed by atoms with Gasteiger partial charge in [-0.1, -0.05) is 54.6 Å². The van der Waals surface area contributed by atoms with E-state index in [4.69, 9.17) is 4.74 Å². The van der Waals surface area contributed by atoms with E-state index in [1.807, 2.05) is 53.2 Å². The summed E-state index contributed by atoms with van der Waals surface area (Å²) in [5.41, 5.74) is 6.36. The van der Waals surface area contributed by atoms with Crippen molar-refractivity contribution in [2.24, 2.45) is 0 Å². The van der Waals surface area contributed by atoms with E-state index in [0.717, 1.165) is 22.4 Å². The van der Waals surface area contributed by atoms with Crippen molar-refractivity contribution in [1.82, 2.24) is 14.9 Å². The van der Waals surface area contributed by atoms with Crippen molar-refractivity contribution in [1.29, 1.82) is 0 Å². The van der Waals surface area contributed by atoms with Crippen LogP contribution in [0.3, 0.4) is 0 Å². The maximum Gasteiger partial charge on any atom is 0.244 e. The van der Waals surface area contributed by atoms with Gasteiger partial charge in [-0.3, -0.25) is 4.79 Å². The van der Waals surface area contributed by atoms with Crippen molar-refractivity contribution in [2.75, 3.05) is 7.11 Å². The van der Waals surface area contributed by atoms with Crippen LogP contribution in [0.1, 0.15) is 22.7 Å². The lowest BCUT2D eigenvalue weighted by molar-refractivity contribution is -0.116. The molecule has 1 N–H and O–H groups in total. The van der Waals surface area contributed by atoms with Gasteiger partial charge in [0.1, 0.15) is 5.75 Å². The molecule has 1 aliphatic rings. The van der Waals surface area contributed by atoms with E-state index >= 15 is 0 Å². The summed E-state index contributed by atoms with van der Waals surface area (Å²) in [4.78, 5) is 16.8. The molecule has 0 spiro atoms. The van der Waals surface area contributed by atoms with Crippen LogP contribution < -0.4 is 10.1 Å². The van der Waals surface area contributed by atoms with E-state index in [-0.39, 0.29) is 11.9 Å². The van der Waals surface area contributed by atoms with Gasteiger partial charge in [0.2, 0.25) is 5.91 Å². The largest absolute Gasteiger partial charge is 0.495 e. The minimum atomic E-state index is -0.150. The van der Waals surface area contributed by atoms with Crippen LogP contribution in [0.15, 0.2) is 91.5 Å². The highest BCUT2D eigenvalue weighted by Crippen LogP contribution is 2.42. The van der Waals surface area contributed by atoms with E-state index < -0.39 is 0 Å². The number of benzene rings is 3. The zero-order valence-corrected chi connectivity index (χ0v) is 17.0. The van der Waals surface area contributed by atoms with Gasteiger partial charge in [0.15, 0.2) is 0 Å². The van der Waals surface area contributed by atoms with Crippen molar-refractivity contribution in [3.05, 3.63) is 108 Å². The molecule has 5 nitrogen and oxygen atoms in total. The highest BCUT2D eigenvalue weighted by atomic mass is 16.5. The molecule has 0 bridgehead atoms. The molecule has 1 heterocycles. The second-order valence-corrected chi connectivity index (χ2v) is 7.35. The number of aromatic nitrogens is 2. The highest BCUT2D eigenvalue weighted by Gasteiger charge is 2.28. The molecule has 4 aromatic rings. The van der Waals surface area contributed by atoms with E-state index in [0.29, 0.717) is 5.75 Å². The number of carbonyl (C=O) groups is 1. The Morgan fingerprint density at radius 1 is 1.03 bits per heavy atom. The van der Waals surface area contributed by atoms with E-state index in [9.17, 15) is 4.79 Å². The smallest absolute Gasteiger partial charge is 0.244 e. The average molecular weight is 407 g/mol. The van der Waals surface area contributed by atoms with E-state index in [1.54, 1.807) is 31.8 Å². The molecule has 1 amide bonds. The van der Waals surface area contributed by atoms with Gasteiger partial charge in [-0.2, -0.15) is 0 Å². The van der Waals surface area contributed by atoms with Gasteiger partial charge in [0, 0.05) is 18.5 Å². The number of hydrogen-bond acceptors (Lipinski definition) is 3. The van der Waals surface area contributed by atoms with Crippen LogP contribution in [0.4, 0.5) is 0 Å². The molecule has 152 valence electrons. The first-order valence-electron chi connectivity index (χ1n) is 10.1. The summed E-state index contributed by atoms with van der Waals surface area (Å²) >= 11 is 0. The molecule has 0 atom stereocenters. The van der Waals surface area contributed by atoms with Crippen LogP contribution in [0.2, 0.25) is 0 Å². The third kappa shape index (κ3) is 3.51. The average Bonchev–Trinajstić information content (AvgIpc) is 3.45. The molecule has 0 fully saturated rings. The number of carbonyl (C=O) groups excluding carboxylic acids is 1. The number of amides is 1. The van der Waals surface area contributed by atoms with Gasteiger partial charge >= 0.3 is 0 Å². The number of ether oxygens (including phenoxy) is 1. The van der Waals surface area contributed by atoms with Crippen molar-refractivity contribution in [2.45, 2.75) is 6.04 Å². The summed E-state index contributed by atoms with van der Waals surface area (Å²) in [7, 11) is 1.63. The molecule has 0 saturated carbocycles. The van der Waals surface area contributed by atoms with Crippen LogP contribution in [0.25, 0.3) is 22.9 Å². The summed E-state index contributed by atoms with van der Waals surface area (Å²) in [5, 5.41) is 3.15. The predicted octanol–water partition coefficient (Wildman–Crippen LogP) is 4.78. The topological polar surface area (TPSA) is 56.1 Å². The van der Waals surface area contributed by atoms with Crippen LogP contribution in [-0.2, 0) is 4.79 Å². The predicted molar refractivity (Wildman–Crippen MR) is 121 cm³/mol. The number of methoxy groups -OCH3 is 1. The zero-order valence-electron chi connectivity index (χ0n) is 17.0. The number of fused-ring (bicyclic) bond motifs is 3. The Bertz CT molecular complexity index is 1230. The summed E-state index contributed by atoms with van der Waals surface area (Å²) in [5.74, 6) is 0.563. The van der Waals surface area contributed by atoms with Crippen LogP contribution in [-0.4, -0.2) is 22.6 Å². The molecule has 0 radical (unpaired) electrons. The van der Waals surface area contributed by atoms with Gasteiger partial charge in [-0.25, -0.2) is 4.98 Å². The Balaban J connectivity index is 1.37. The van der Waals surface area contributed by atoms with Gasteiger partial charge < -0.3 is 14.6 Å². The first-order valence-corrected chi connectivity index (χ1v) is 10.1. The lowest BCUT2D eigenvalue weighted by Crippen LogP contribution is -2.26. The summed E-state index contributed by atoms with van der Waals surface area (Å²) in [6.07, 6.45) is 8.66. The minimum Gasteiger partial charge on any atom is -0.495 e. The number of nitrogens with one attached hydrogen (secondary N) is 1. The van der Waals surface area contributed by atoms with Gasteiger partial charge in [-0.15, -0.1) is 0 Å². The van der Waals surface area contributed by atoms with Crippen LogP contribution in [0.5, 0.6) is 5.75 Å². The summed E-state index contributed by atoms with van der Waals surface area (Å²) in [6, 6.07) is 22.1. The second-order valence-electron chi connectivity index (χ2n) is 7.35. The maximum atomic E-state index is 12.8. The van der Waals surface area contributed by atoms with Gasteiger partial charge in [-0.05, 0) is 46.0 Å². The van der Waals surface area contributed by atoms with E-state index in [1.165, 1.54) is 11.1 Å². The fourth-order valence-corrected chi connectivity index (χ4v) is 4.09. The number of hydrogen-bond donors (Lipinski definition) is 1. The Hall–Kier alpha value is -4.12. The molecular weight excluding hydrogens is 386 g/mol. The van der Waals surface area contributed by atoms with Crippen LogP contribution >= 0.6 is 0 Å². The van der Waals surface area contributed by atoms with Crippen molar-refractivity contribution in [3.63, 3.8) is 0 Å². The molecule has 0 unspecified atom stereocenters. The van der Waals surface area contributed by atoms with Crippen molar-refractivity contribution in [3.8, 4) is 22.6 Å². The molecule has 1 aliphatic carbocycles. The van der Waals surface area contributed by atoms with Gasteiger partial charge in [0.05, 0.1) is 25.2 Å². The normalized spacial score (nSPS) is 12.5. The summed E-state index contributed by atoms with van der Waals surface area (Å²) in [6.45, 7) is 0. The first kappa shape index (κ1) is 18.9. The number of nitrogens with zero attached hydrogens (tertiary/aromatic N) is 2. The quantitative estimate of drug-likeness (QED) is 0.485. The Kier molecular flexibility index (Phi) is 4.84. The highest BCUT2D eigenvalue weighted by molar-refractivity contribution is 5.93. The maximum absolute atomic E-state index is 12.8. The molecule has 1 aromatic heterocycles. The monoisotopic (exact) mass is 407 g/mol. The minimum absolute atomic E-state index is 0.144. The lowest BCUT2D eigenvalue weighted by Gasteiger charge is -2.14. The molecular formula is C26H21N3O2. The molecule has 0 saturated heterocycles. The molecule has 0 aliphatic heterocycles. The Morgan fingerprint density at radius 3 is 2.39 bits per heavy atom.